The molecule has 1 heterocycles. The molecule has 0 spiro atoms. The number of aryl methyl sites for hydroxylation is 1. The molecule has 15 heavy (non-hydrogen) atoms. The summed E-state index contributed by atoms with van der Waals surface area (Å²) < 4.78 is 0. The molecule has 2 rings (SSSR count). The number of hydrogen-bond acceptors (Lipinski definition) is 2. The van der Waals surface area contributed by atoms with Crippen LogP contribution in [0.4, 0.5) is 0 Å². The fourth-order valence-corrected chi connectivity index (χ4v) is 3.19. The molecule has 0 unspecified atom stereocenters. The van der Waals surface area contributed by atoms with E-state index in [9.17, 15) is 4.79 Å². The maximum Gasteiger partial charge on any atom is 0.167 e. The Morgan fingerprint density at radius 1 is 1.27 bits per heavy atom. The Labute approximate surface area is 95.5 Å². The Bertz CT molecular complexity index is 345. The van der Waals surface area contributed by atoms with E-state index in [4.69, 9.17) is 0 Å². The third kappa shape index (κ3) is 2.31. The highest BCUT2D eigenvalue weighted by atomic mass is 32.1. The van der Waals surface area contributed by atoms with Crippen LogP contribution in [-0.2, 0) is 0 Å². The van der Waals surface area contributed by atoms with Crippen LogP contribution < -0.4 is 0 Å². The molecule has 1 fully saturated rings. The number of carbonyl (C=O) groups is 1. The average molecular weight is 222 g/mol. The number of carbonyl (C=O) groups excluding carboxylic acids is 1. The Hall–Kier alpha value is -0.630. The van der Waals surface area contributed by atoms with Crippen molar-refractivity contribution in [2.45, 2.75) is 39.5 Å². The van der Waals surface area contributed by atoms with Crippen LogP contribution in [-0.4, -0.2) is 5.78 Å². The number of Topliss-reactive ketones (excluding diaryl/α,β-unsaturated/α-hetero) is 1. The second-order valence-electron chi connectivity index (χ2n) is 4.79. The van der Waals surface area contributed by atoms with Gasteiger partial charge in [-0.15, -0.1) is 0 Å². The third-order valence-corrected chi connectivity index (χ3v) is 4.37. The lowest BCUT2D eigenvalue weighted by Crippen LogP contribution is -2.21. The molecule has 1 aromatic rings. The Balaban J connectivity index is 2.06. The zero-order valence-electron chi connectivity index (χ0n) is 9.45. The van der Waals surface area contributed by atoms with Crippen molar-refractivity contribution >= 4 is 17.1 Å². The quantitative estimate of drug-likeness (QED) is 0.689. The SMILES string of the molecule is Cc1cscc1C(=O)C1CCC(C)CC1. The highest BCUT2D eigenvalue weighted by Crippen LogP contribution is 2.31. The van der Waals surface area contributed by atoms with E-state index in [0.29, 0.717) is 11.7 Å². The molecule has 1 aliphatic rings. The highest BCUT2D eigenvalue weighted by molar-refractivity contribution is 7.08. The van der Waals surface area contributed by atoms with E-state index in [1.54, 1.807) is 11.3 Å². The van der Waals surface area contributed by atoms with Crippen molar-refractivity contribution in [3.05, 3.63) is 21.9 Å². The Morgan fingerprint density at radius 3 is 2.47 bits per heavy atom. The van der Waals surface area contributed by atoms with Crippen molar-refractivity contribution in [1.82, 2.24) is 0 Å². The van der Waals surface area contributed by atoms with Crippen LogP contribution in [0.2, 0.25) is 0 Å². The van der Waals surface area contributed by atoms with Crippen LogP contribution in [0.3, 0.4) is 0 Å². The molecule has 0 aromatic carbocycles. The number of rotatable bonds is 2. The van der Waals surface area contributed by atoms with Crippen LogP contribution in [0, 0.1) is 18.8 Å². The molecule has 2 heteroatoms. The van der Waals surface area contributed by atoms with E-state index in [1.165, 1.54) is 12.8 Å². The predicted octanol–water partition coefficient (Wildman–Crippen LogP) is 4.07. The van der Waals surface area contributed by atoms with E-state index < -0.39 is 0 Å². The summed E-state index contributed by atoms with van der Waals surface area (Å²) in [5, 5.41) is 4.08. The van der Waals surface area contributed by atoms with E-state index in [0.717, 1.165) is 29.9 Å². The van der Waals surface area contributed by atoms with Gasteiger partial charge < -0.3 is 0 Å². The van der Waals surface area contributed by atoms with Crippen molar-refractivity contribution in [3.8, 4) is 0 Å². The molecule has 82 valence electrons. The van der Waals surface area contributed by atoms with Gasteiger partial charge in [0.05, 0.1) is 0 Å². The van der Waals surface area contributed by atoms with Crippen LogP contribution in [0.1, 0.15) is 48.5 Å². The molecule has 0 N–H and O–H groups in total. The standard InChI is InChI=1S/C13H18OS/c1-9-3-5-11(6-4-9)13(14)12-8-15-7-10(12)2/h7-9,11H,3-6H2,1-2H3. The molecule has 1 saturated carbocycles. The summed E-state index contributed by atoms with van der Waals surface area (Å²) in [4.78, 5) is 12.2. The second kappa shape index (κ2) is 4.48. The zero-order valence-corrected chi connectivity index (χ0v) is 10.3. The molecule has 1 nitrogen and oxygen atoms in total. The molecule has 0 saturated heterocycles. The minimum Gasteiger partial charge on any atom is -0.294 e. The van der Waals surface area contributed by atoms with Gasteiger partial charge in [-0.3, -0.25) is 4.79 Å². The summed E-state index contributed by atoms with van der Waals surface area (Å²) in [5.74, 6) is 1.51. The first-order chi connectivity index (χ1) is 7.18. The minimum absolute atomic E-state index is 0.300. The van der Waals surface area contributed by atoms with Gasteiger partial charge in [0, 0.05) is 16.9 Å². The van der Waals surface area contributed by atoms with E-state index in [-0.39, 0.29) is 0 Å². The maximum atomic E-state index is 12.2. The van der Waals surface area contributed by atoms with Crippen molar-refractivity contribution in [3.63, 3.8) is 0 Å². The number of hydrogen-bond donors (Lipinski definition) is 0. The Kier molecular flexibility index (Phi) is 3.25. The van der Waals surface area contributed by atoms with Gasteiger partial charge in [0.2, 0.25) is 0 Å². The third-order valence-electron chi connectivity index (χ3n) is 3.51. The molecule has 1 aliphatic carbocycles. The van der Waals surface area contributed by atoms with E-state index in [2.05, 4.69) is 12.3 Å². The predicted molar refractivity (Wildman–Crippen MR) is 64.5 cm³/mol. The number of thiophene rings is 1. The van der Waals surface area contributed by atoms with E-state index >= 15 is 0 Å². The second-order valence-corrected chi connectivity index (χ2v) is 5.53. The van der Waals surface area contributed by atoms with Crippen LogP contribution in [0.15, 0.2) is 10.8 Å². The molecular formula is C13H18OS. The largest absolute Gasteiger partial charge is 0.294 e. The summed E-state index contributed by atoms with van der Waals surface area (Å²) >= 11 is 1.64. The van der Waals surface area contributed by atoms with Gasteiger partial charge in [-0.05, 0) is 36.6 Å². The normalized spacial score (nSPS) is 26.5. The summed E-state index contributed by atoms with van der Waals surface area (Å²) in [6.07, 6.45) is 4.63. The van der Waals surface area contributed by atoms with Gasteiger partial charge in [-0.1, -0.05) is 19.8 Å². The first-order valence-electron chi connectivity index (χ1n) is 5.75. The zero-order chi connectivity index (χ0) is 10.8. The molecule has 0 bridgehead atoms. The molecule has 0 amide bonds. The summed E-state index contributed by atoms with van der Waals surface area (Å²) in [7, 11) is 0. The lowest BCUT2D eigenvalue weighted by atomic mass is 9.79. The summed E-state index contributed by atoms with van der Waals surface area (Å²) in [6.45, 7) is 4.33. The van der Waals surface area contributed by atoms with Gasteiger partial charge in [-0.2, -0.15) is 11.3 Å². The van der Waals surface area contributed by atoms with Crippen molar-refractivity contribution in [1.29, 1.82) is 0 Å². The average Bonchev–Trinajstić information content (AvgIpc) is 2.65. The van der Waals surface area contributed by atoms with Gasteiger partial charge in [0.1, 0.15) is 0 Å². The smallest absolute Gasteiger partial charge is 0.167 e. The first-order valence-corrected chi connectivity index (χ1v) is 6.69. The van der Waals surface area contributed by atoms with E-state index in [1.807, 2.05) is 12.3 Å². The highest BCUT2D eigenvalue weighted by Gasteiger charge is 2.26. The molecular weight excluding hydrogens is 204 g/mol. The van der Waals surface area contributed by atoms with Crippen LogP contribution in [0.25, 0.3) is 0 Å². The lowest BCUT2D eigenvalue weighted by Gasteiger charge is -2.24. The fourth-order valence-electron chi connectivity index (χ4n) is 2.36. The number of ketones is 1. The molecule has 0 aliphatic heterocycles. The van der Waals surface area contributed by atoms with Crippen LogP contribution >= 0.6 is 11.3 Å². The van der Waals surface area contributed by atoms with Gasteiger partial charge >= 0.3 is 0 Å². The van der Waals surface area contributed by atoms with Crippen molar-refractivity contribution in [2.24, 2.45) is 11.8 Å². The summed E-state index contributed by atoms with van der Waals surface area (Å²) in [5.41, 5.74) is 2.13. The fraction of sp³-hybridized carbons (Fsp3) is 0.615. The van der Waals surface area contributed by atoms with Crippen LogP contribution in [0.5, 0.6) is 0 Å². The van der Waals surface area contributed by atoms with Crippen molar-refractivity contribution in [2.75, 3.05) is 0 Å². The molecule has 0 atom stereocenters. The molecule has 0 radical (unpaired) electrons. The van der Waals surface area contributed by atoms with Gasteiger partial charge in [0.15, 0.2) is 5.78 Å². The first kappa shape index (κ1) is 10.9. The monoisotopic (exact) mass is 222 g/mol. The minimum atomic E-state index is 0.300. The maximum absolute atomic E-state index is 12.2. The summed E-state index contributed by atoms with van der Waals surface area (Å²) in [6, 6.07) is 0. The lowest BCUT2D eigenvalue weighted by molar-refractivity contribution is 0.0875. The molecule has 1 aromatic heterocycles. The Morgan fingerprint density at radius 2 is 1.93 bits per heavy atom. The van der Waals surface area contributed by atoms with Gasteiger partial charge in [-0.25, -0.2) is 0 Å². The topological polar surface area (TPSA) is 17.1 Å². The van der Waals surface area contributed by atoms with Gasteiger partial charge in [0.25, 0.3) is 0 Å². The van der Waals surface area contributed by atoms with Crippen molar-refractivity contribution < 1.29 is 4.79 Å².